The molecule has 3 aromatic rings. The van der Waals surface area contributed by atoms with E-state index in [1.807, 2.05) is 36.4 Å². The molecule has 3 rings (SSSR count). The molecule has 132 valence electrons. The number of hydrogen-bond donors (Lipinski definition) is 3. The topological polar surface area (TPSA) is 88.9 Å². The highest BCUT2D eigenvalue weighted by Crippen LogP contribution is 2.18. The average Bonchev–Trinajstić information content (AvgIpc) is 3.11. The Morgan fingerprint density at radius 2 is 1.77 bits per heavy atom. The van der Waals surface area contributed by atoms with Gasteiger partial charge in [0, 0.05) is 4.90 Å². The van der Waals surface area contributed by atoms with Crippen LogP contribution in [0, 0.1) is 0 Å². The highest BCUT2D eigenvalue weighted by atomic mass is 32.1. The molecule has 2 N–H and O–H groups in total. The smallest absolute Gasteiger partial charge is 0.273 e. The zero-order chi connectivity index (χ0) is 18.4. The molecule has 0 saturated carbocycles. The number of thiol groups is 1. The fraction of sp³-hybridized carbons (Fsp3) is 0.111. The minimum Gasteiger partial charge on any atom is -0.342 e. The molecule has 26 heavy (non-hydrogen) atoms. The molecule has 0 radical (unpaired) electrons. The van der Waals surface area contributed by atoms with E-state index < -0.39 is 5.91 Å². The predicted octanol–water partition coefficient (Wildman–Crippen LogP) is 1.98. The summed E-state index contributed by atoms with van der Waals surface area (Å²) in [4.78, 5) is 24.7. The Hall–Kier alpha value is -3.13. The maximum Gasteiger partial charge on any atom is 0.273 e. The average molecular weight is 367 g/mol. The van der Waals surface area contributed by atoms with Gasteiger partial charge in [-0.15, -0.1) is 17.7 Å². The van der Waals surface area contributed by atoms with Gasteiger partial charge in [0.1, 0.15) is 0 Å². The normalized spacial score (nSPS) is 10.3. The predicted molar refractivity (Wildman–Crippen MR) is 100 cm³/mol. The zero-order valence-corrected chi connectivity index (χ0v) is 14.7. The van der Waals surface area contributed by atoms with Gasteiger partial charge in [-0.05, 0) is 17.7 Å². The number of aromatic nitrogens is 3. The standard InChI is InChI=1S/C18H17N5O2S/c24-17(20-14-8-4-5-9-16(14)26)10-19-18(25)15-12-23(22-21-15)11-13-6-2-1-3-7-13/h1-9,12,26H,10-11H2,(H,19,25)(H,20,24). The maximum atomic E-state index is 12.1. The Balaban J connectivity index is 1.52. The first-order valence-corrected chi connectivity index (χ1v) is 8.36. The van der Waals surface area contributed by atoms with Gasteiger partial charge in [0.25, 0.3) is 5.91 Å². The van der Waals surface area contributed by atoms with Crippen molar-refractivity contribution in [1.29, 1.82) is 0 Å². The Kier molecular flexibility index (Phi) is 5.65. The zero-order valence-electron chi connectivity index (χ0n) is 13.8. The highest BCUT2D eigenvalue weighted by Gasteiger charge is 2.13. The second-order valence-electron chi connectivity index (χ2n) is 5.53. The third-order valence-electron chi connectivity index (χ3n) is 3.55. The molecule has 0 saturated heterocycles. The van der Waals surface area contributed by atoms with Crippen LogP contribution in [0.2, 0.25) is 0 Å². The van der Waals surface area contributed by atoms with Gasteiger partial charge in [-0.3, -0.25) is 9.59 Å². The molecule has 0 aliphatic heterocycles. The van der Waals surface area contributed by atoms with Crippen molar-refractivity contribution in [3.05, 3.63) is 72.1 Å². The van der Waals surface area contributed by atoms with Gasteiger partial charge in [0.15, 0.2) is 5.69 Å². The van der Waals surface area contributed by atoms with Gasteiger partial charge >= 0.3 is 0 Å². The van der Waals surface area contributed by atoms with E-state index in [1.54, 1.807) is 29.1 Å². The molecule has 0 aliphatic carbocycles. The van der Waals surface area contributed by atoms with Gasteiger partial charge in [-0.25, -0.2) is 4.68 Å². The molecule has 2 aromatic carbocycles. The SMILES string of the molecule is O=C(CNC(=O)c1cn(Cc2ccccc2)nn1)Nc1ccccc1S. The van der Waals surface area contributed by atoms with Crippen LogP contribution in [0.4, 0.5) is 5.69 Å². The lowest BCUT2D eigenvalue weighted by atomic mass is 10.2. The van der Waals surface area contributed by atoms with Crippen LogP contribution in [0.5, 0.6) is 0 Å². The number of anilines is 1. The Morgan fingerprint density at radius 3 is 2.54 bits per heavy atom. The van der Waals surface area contributed by atoms with Crippen LogP contribution in [0.15, 0.2) is 65.7 Å². The highest BCUT2D eigenvalue weighted by molar-refractivity contribution is 7.80. The van der Waals surface area contributed by atoms with Crippen molar-refractivity contribution in [2.24, 2.45) is 0 Å². The molecule has 2 amide bonds. The van der Waals surface area contributed by atoms with Crippen molar-refractivity contribution < 1.29 is 9.59 Å². The Bertz CT molecular complexity index is 911. The molecule has 1 aromatic heterocycles. The summed E-state index contributed by atoms with van der Waals surface area (Å²) in [5, 5.41) is 13.0. The van der Waals surface area contributed by atoms with Crippen molar-refractivity contribution in [2.45, 2.75) is 11.4 Å². The Morgan fingerprint density at radius 1 is 1.04 bits per heavy atom. The third-order valence-corrected chi connectivity index (χ3v) is 3.94. The van der Waals surface area contributed by atoms with Gasteiger partial charge in [0.05, 0.1) is 25.0 Å². The summed E-state index contributed by atoms with van der Waals surface area (Å²) in [6.07, 6.45) is 1.54. The summed E-state index contributed by atoms with van der Waals surface area (Å²) in [6, 6.07) is 16.8. The fourth-order valence-electron chi connectivity index (χ4n) is 2.28. The third kappa shape index (κ3) is 4.70. The molecule has 0 atom stereocenters. The molecule has 0 bridgehead atoms. The van der Waals surface area contributed by atoms with Crippen LogP contribution < -0.4 is 10.6 Å². The summed E-state index contributed by atoms with van der Waals surface area (Å²) in [7, 11) is 0. The van der Waals surface area contributed by atoms with E-state index in [9.17, 15) is 9.59 Å². The van der Waals surface area contributed by atoms with Crippen molar-refractivity contribution in [1.82, 2.24) is 20.3 Å². The molecular weight excluding hydrogens is 350 g/mol. The van der Waals surface area contributed by atoms with Crippen LogP contribution in [0.3, 0.4) is 0 Å². The number of amides is 2. The van der Waals surface area contributed by atoms with Gasteiger partial charge in [0.2, 0.25) is 5.91 Å². The molecule has 8 heteroatoms. The molecule has 7 nitrogen and oxygen atoms in total. The Labute approximate surface area is 155 Å². The number of hydrogen-bond acceptors (Lipinski definition) is 5. The fourth-order valence-corrected chi connectivity index (χ4v) is 2.49. The quantitative estimate of drug-likeness (QED) is 0.581. The second-order valence-corrected chi connectivity index (χ2v) is 6.02. The lowest BCUT2D eigenvalue weighted by molar-refractivity contribution is -0.115. The van der Waals surface area contributed by atoms with E-state index in [-0.39, 0.29) is 18.1 Å². The molecule has 0 aliphatic rings. The van der Waals surface area contributed by atoms with Crippen LogP contribution in [0.25, 0.3) is 0 Å². The minimum atomic E-state index is -0.460. The summed E-state index contributed by atoms with van der Waals surface area (Å²) in [5.74, 6) is -0.810. The first-order chi connectivity index (χ1) is 12.6. The number of rotatable bonds is 6. The number of benzene rings is 2. The summed E-state index contributed by atoms with van der Waals surface area (Å²) < 4.78 is 1.57. The van der Waals surface area contributed by atoms with Crippen molar-refractivity contribution in [3.8, 4) is 0 Å². The van der Waals surface area contributed by atoms with Gasteiger partial charge < -0.3 is 10.6 Å². The van der Waals surface area contributed by atoms with Crippen LogP contribution in [0.1, 0.15) is 16.1 Å². The second kappa shape index (κ2) is 8.30. The molecule has 0 unspecified atom stereocenters. The van der Waals surface area contributed by atoms with E-state index >= 15 is 0 Å². The van der Waals surface area contributed by atoms with E-state index in [4.69, 9.17) is 0 Å². The van der Waals surface area contributed by atoms with Crippen LogP contribution in [-0.2, 0) is 11.3 Å². The lowest BCUT2D eigenvalue weighted by Crippen LogP contribution is -2.33. The summed E-state index contributed by atoms with van der Waals surface area (Å²) >= 11 is 4.26. The molecular formula is C18H17N5O2S. The van der Waals surface area contributed by atoms with Gasteiger partial charge in [-0.2, -0.15) is 0 Å². The van der Waals surface area contributed by atoms with E-state index in [0.29, 0.717) is 17.1 Å². The van der Waals surface area contributed by atoms with Crippen LogP contribution >= 0.6 is 12.6 Å². The van der Waals surface area contributed by atoms with E-state index in [2.05, 4.69) is 33.6 Å². The monoisotopic (exact) mass is 367 g/mol. The number of nitrogens with zero attached hydrogens (tertiary/aromatic N) is 3. The maximum absolute atomic E-state index is 12.1. The van der Waals surface area contributed by atoms with Crippen molar-refractivity contribution >= 4 is 30.1 Å². The summed E-state index contributed by atoms with van der Waals surface area (Å²) in [6.45, 7) is 0.340. The first-order valence-electron chi connectivity index (χ1n) is 7.92. The number of carbonyl (C=O) groups is 2. The van der Waals surface area contributed by atoms with E-state index in [0.717, 1.165) is 5.56 Å². The number of nitrogens with one attached hydrogen (secondary N) is 2. The number of carbonyl (C=O) groups excluding carboxylic acids is 2. The summed E-state index contributed by atoms with van der Waals surface area (Å²) in [5.41, 5.74) is 1.79. The van der Waals surface area contributed by atoms with Crippen molar-refractivity contribution in [3.63, 3.8) is 0 Å². The first kappa shape index (κ1) is 17.7. The van der Waals surface area contributed by atoms with Crippen molar-refractivity contribution in [2.75, 3.05) is 11.9 Å². The minimum absolute atomic E-state index is 0.156. The molecule has 0 fully saturated rings. The van der Waals surface area contributed by atoms with Gasteiger partial charge in [-0.1, -0.05) is 47.7 Å². The lowest BCUT2D eigenvalue weighted by Gasteiger charge is -2.07. The van der Waals surface area contributed by atoms with Crippen LogP contribution in [-0.4, -0.2) is 33.4 Å². The largest absolute Gasteiger partial charge is 0.342 e. The number of para-hydroxylation sites is 1. The van der Waals surface area contributed by atoms with E-state index in [1.165, 1.54) is 0 Å². The molecule has 1 heterocycles. The molecule has 0 spiro atoms.